The third-order valence-corrected chi connectivity index (χ3v) is 11.7. The molecule has 2 atom stereocenters. The van der Waals surface area contributed by atoms with E-state index in [0.717, 1.165) is 28.6 Å². The van der Waals surface area contributed by atoms with Crippen LogP contribution >= 0.6 is 0 Å². The fourth-order valence-corrected chi connectivity index (χ4v) is 9.30. The maximum Gasteiger partial charge on any atom is 0.242 e. The fourth-order valence-electron chi connectivity index (χ4n) is 9.30. The third-order valence-electron chi connectivity index (χ3n) is 11.7. The standard InChI is InChI=1S/C52H36BNO/c1-4-17-37(18-5-1)53(38-28-27-35-15-10-11-16-36(35)31-38)49-34-47-45-25-14-26-50-52(45)48(33-46(47)42-23-12-13-24-43(42)49)44-30-29-41(32-51(44)55-50)54(39-19-6-2-7-20-39)40-21-8-3-9-22-40/h1-34,48,52H. The first-order chi connectivity index (χ1) is 27.3. The molecule has 2 aliphatic carbocycles. The summed E-state index contributed by atoms with van der Waals surface area (Å²) in [5.74, 6) is 2.15. The van der Waals surface area contributed by atoms with Crippen molar-refractivity contribution in [2.45, 2.75) is 5.92 Å². The van der Waals surface area contributed by atoms with Crippen LogP contribution in [-0.2, 0) is 0 Å². The van der Waals surface area contributed by atoms with E-state index in [0.29, 0.717) is 0 Å². The smallest absolute Gasteiger partial charge is 0.242 e. The van der Waals surface area contributed by atoms with Crippen LogP contribution in [0.4, 0.5) is 17.1 Å². The topological polar surface area (TPSA) is 12.5 Å². The molecule has 0 amide bonds. The van der Waals surface area contributed by atoms with E-state index in [1.54, 1.807) is 0 Å². The van der Waals surface area contributed by atoms with Gasteiger partial charge in [-0.1, -0.05) is 180 Å². The first kappa shape index (κ1) is 31.7. The van der Waals surface area contributed by atoms with Crippen LogP contribution in [-0.4, -0.2) is 6.71 Å². The Morgan fingerprint density at radius 2 is 1.20 bits per heavy atom. The van der Waals surface area contributed by atoms with Gasteiger partial charge in [0, 0.05) is 34.6 Å². The molecule has 1 aliphatic heterocycles. The van der Waals surface area contributed by atoms with E-state index < -0.39 is 0 Å². The van der Waals surface area contributed by atoms with Crippen molar-refractivity contribution in [2.24, 2.45) is 5.92 Å². The molecule has 3 aliphatic rings. The van der Waals surface area contributed by atoms with Crippen molar-refractivity contribution in [3.8, 4) is 5.75 Å². The summed E-state index contributed by atoms with van der Waals surface area (Å²) in [5.41, 5.74) is 9.73. The Hall–Kier alpha value is -6.84. The summed E-state index contributed by atoms with van der Waals surface area (Å²) < 4.78 is 6.94. The Bertz CT molecular complexity index is 2930. The second-order valence-corrected chi connectivity index (χ2v) is 14.8. The van der Waals surface area contributed by atoms with Crippen LogP contribution in [0.15, 0.2) is 206 Å². The predicted molar refractivity (Wildman–Crippen MR) is 231 cm³/mol. The Morgan fingerprint density at radius 1 is 0.527 bits per heavy atom. The normalized spacial score (nSPS) is 16.3. The highest BCUT2D eigenvalue weighted by Crippen LogP contribution is 2.50. The van der Waals surface area contributed by atoms with Gasteiger partial charge in [-0.2, -0.15) is 0 Å². The van der Waals surface area contributed by atoms with Crippen LogP contribution in [0.3, 0.4) is 0 Å². The zero-order valence-electron chi connectivity index (χ0n) is 30.2. The Labute approximate surface area is 321 Å². The van der Waals surface area contributed by atoms with Gasteiger partial charge in [0.2, 0.25) is 6.71 Å². The Morgan fingerprint density at radius 3 is 1.96 bits per heavy atom. The van der Waals surface area contributed by atoms with Gasteiger partial charge in [-0.3, -0.25) is 0 Å². The van der Waals surface area contributed by atoms with Gasteiger partial charge in [0.1, 0.15) is 11.5 Å². The molecule has 2 nitrogen and oxygen atoms in total. The molecule has 258 valence electrons. The number of rotatable bonds is 6. The molecule has 55 heavy (non-hydrogen) atoms. The molecule has 11 rings (SSSR count). The fraction of sp³-hybridized carbons (Fsp3) is 0.0385. The van der Waals surface area contributed by atoms with Crippen LogP contribution < -0.4 is 36.5 Å². The number of hydrogen-bond donors (Lipinski definition) is 0. The van der Waals surface area contributed by atoms with Crippen molar-refractivity contribution >= 4 is 73.4 Å². The number of benzene rings is 8. The lowest BCUT2D eigenvalue weighted by Gasteiger charge is -2.38. The van der Waals surface area contributed by atoms with Crippen molar-refractivity contribution in [2.75, 3.05) is 4.90 Å². The number of nitrogens with zero attached hydrogens (tertiary/aromatic N) is 1. The van der Waals surface area contributed by atoms with Crippen molar-refractivity contribution in [3.05, 3.63) is 222 Å². The van der Waals surface area contributed by atoms with Gasteiger partial charge >= 0.3 is 0 Å². The number of hydrogen-bond acceptors (Lipinski definition) is 2. The molecule has 3 heteroatoms. The molecule has 1 heterocycles. The van der Waals surface area contributed by atoms with Gasteiger partial charge in [-0.05, 0) is 74.0 Å². The molecule has 0 bridgehead atoms. The minimum absolute atomic E-state index is 0.0563. The highest BCUT2D eigenvalue weighted by atomic mass is 16.5. The quantitative estimate of drug-likeness (QED) is 0.161. The summed E-state index contributed by atoms with van der Waals surface area (Å²) in [6.45, 7) is 0.0563. The zero-order valence-corrected chi connectivity index (χ0v) is 30.2. The molecule has 0 saturated heterocycles. The maximum atomic E-state index is 6.94. The first-order valence-corrected chi connectivity index (χ1v) is 19.2. The van der Waals surface area contributed by atoms with Crippen LogP contribution in [0.25, 0.3) is 33.2 Å². The van der Waals surface area contributed by atoms with Crippen molar-refractivity contribution in [3.63, 3.8) is 0 Å². The van der Waals surface area contributed by atoms with E-state index >= 15 is 0 Å². The van der Waals surface area contributed by atoms with E-state index in [4.69, 9.17) is 4.74 Å². The van der Waals surface area contributed by atoms with Crippen molar-refractivity contribution in [1.82, 2.24) is 0 Å². The molecule has 0 spiro atoms. The molecule has 0 aromatic heterocycles. The average molecular weight is 702 g/mol. The third kappa shape index (κ3) is 5.27. The highest BCUT2D eigenvalue weighted by Gasteiger charge is 2.39. The van der Waals surface area contributed by atoms with Gasteiger partial charge in [-0.15, -0.1) is 0 Å². The maximum absolute atomic E-state index is 6.94. The van der Waals surface area contributed by atoms with Gasteiger partial charge in [0.15, 0.2) is 0 Å². The number of allylic oxidation sites excluding steroid dienone is 4. The Kier molecular flexibility index (Phi) is 7.45. The molecule has 0 fully saturated rings. The summed E-state index contributed by atoms with van der Waals surface area (Å²) in [6.07, 6.45) is 9.21. The lowest BCUT2D eigenvalue weighted by atomic mass is 9.36. The SMILES string of the molecule is C1=CC2=c3cc(B(c4ccccc4)c4ccc5ccccc5c4)c4ccccc4c3=CC3c4ccc(N(c5ccccc5)c5ccccc5)cc4OC(=C1)C23. The molecule has 2 unspecified atom stereocenters. The summed E-state index contributed by atoms with van der Waals surface area (Å²) >= 11 is 0. The second-order valence-electron chi connectivity index (χ2n) is 14.8. The molecule has 0 N–H and O–H groups in total. The van der Waals surface area contributed by atoms with Gasteiger partial charge in [0.25, 0.3) is 0 Å². The van der Waals surface area contributed by atoms with Crippen LogP contribution in [0.5, 0.6) is 5.75 Å². The summed E-state index contributed by atoms with van der Waals surface area (Å²) in [7, 11) is 0. The van der Waals surface area contributed by atoms with Crippen LogP contribution in [0.2, 0.25) is 0 Å². The summed E-state index contributed by atoms with van der Waals surface area (Å²) in [4.78, 5) is 2.30. The van der Waals surface area contributed by atoms with Gasteiger partial charge in [0.05, 0.1) is 5.92 Å². The molecule has 0 radical (unpaired) electrons. The number of anilines is 3. The minimum Gasteiger partial charge on any atom is -0.461 e. The minimum atomic E-state index is 0.0563. The van der Waals surface area contributed by atoms with Crippen molar-refractivity contribution < 1.29 is 4.74 Å². The van der Waals surface area contributed by atoms with E-state index in [9.17, 15) is 0 Å². The number of fused-ring (bicyclic) bond motifs is 6. The number of ether oxygens (including phenoxy) is 1. The van der Waals surface area contributed by atoms with Gasteiger partial charge < -0.3 is 9.64 Å². The van der Waals surface area contributed by atoms with E-state index in [1.165, 1.54) is 59.5 Å². The molecule has 8 aromatic carbocycles. The summed E-state index contributed by atoms with van der Waals surface area (Å²) in [5, 5.41) is 7.69. The predicted octanol–water partition coefficient (Wildman–Crippen LogP) is 9.17. The summed E-state index contributed by atoms with van der Waals surface area (Å²) in [6, 6.07) is 66.1. The van der Waals surface area contributed by atoms with Gasteiger partial charge in [-0.25, -0.2) is 0 Å². The zero-order chi connectivity index (χ0) is 36.3. The van der Waals surface area contributed by atoms with Crippen molar-refractivity contribution in [1.29, 1.82) is 0 Å². The molecular weight excluding hydrogens is 665 g/mol. The first-order valence-electron chi connectivity index (χ1n) is 19.2. The lowest BCUT2D eigenvalue weighted by molar-refractivity contribution is 0.335. The van der Waals surface area contributed by atoms with E-state index in [1.807, 2.05) is 0 Å². The lowest BCUT2D eigenvalue weighted by Crippen LogP contribution is -2.54. The van der Waals surface area contributed by atoms with E-state index in [2.05, 4.69) is 211 Å². The monoisotopic (exact) mass is 701 g/mol. The largest absolute Gasteiger partial charge is 0.461 e. The van der Waals surface area contributed by atoms with Crippen LogP contribution in [0, 0.1) is 5.92 Å². The molecule has 0 saturated carbocycles. The second kappa shape index (κ2) is 12.9. The van der Waals surface area contributed by atoms with E-state index in [-0.39, 0.29) is 18.5 Å². The Balaban J connectivity index is 1.11. The van der Waals surface area contributed by atoms with Crippen LogP contribution in [0.1, 0.15) is 11.5 Å². The molecular formula is C52H36BNO. The molecule has 8 aromatic rings. The highest BCUT2D eigenvalue weighted by molar-refractivity contribution is 6.97. The number of para-hydroxylation sites is 2. The average Bonchev–Trinajstić information content (AvgIpc) is 3.25.